The van der Waals surface area contributed by atoms with Gasteiger partial charge in [-0.3, -0.25) is 4.79 Å². The van der Waals surface area contributed by atoms with Gasteiger partial charge in [0.1, 0.15) is 17.8 Å². The predicted molar refractivity (Wildman–Crippen MR) is 119 cm³/mol. The van der Waals surface area contributed by atoms with Crippen molar-refractivity contribution in [2.24, 2.45) is 0 Å². The molecule has 164 valence electrons. The van der Waals surface area contributed by atoms with E-state index in [0.717, 1.165) is 34.6 Å². The molecule has 0 aliphatic rings. The Balaban J connectivity index is 1.56. The van der Waals surface area contributed by atoms with E-state index in [1.807, 2.05) is 38.1 Å². The van der Waals surface area contributed by atoms with Crippen molar-refractivity contribution in [3.05, 3.63) is 65.5 Å². The molecule has 6 nitrogen and oxygen atoms in total. The second-order valence-corrected chi connectivity index (χ2v) is 7.57. The molecule has 0 saturated heterocycles. The van der Waals surface area contributed by atoms with Crippen LogP contribution < -0.4 is 9.47 Å². The van der Waals surface area contributed by atoms with Crippen molar-refractivity contribution >= 4 is 5.97 Å². The van der Waals surface area contributed by atoms with Crippen LogP contribution in [-0.4, -0.2) is 28.8 Å². The fourth-order valence-corrected chi connectivity index (χ4v) is 3.32. The Morgan fingerprint density at radius 1 is 1.23 bits per heavy atom. The smallest absolute Gasteiger partial charge is 0.303 e. The van der Waals surface area contributed by atoms with Crippen LogP contribution >= 0.6 is 0 Å². The lowest BCUT2D eigenvalue weighted by Gasteiger charge is -2.18. The summed E-state index contributed by atoms with van der Waals surface area (Å²) < 4.78 is 17.5. The van der Waals surface area contributed by atoms with E-state index in [1.54, 1.807) is 12.5 Å². The number of carbonyl (C=O) groups is 1. The van der Waals surface area contributed by atoms with E-state index in [1.165, 1.54) is 5.56 Å². The number of aromatic nitrogens is 1. The maximum absolute atomic E-state index is 10.8. The predicted octanol–water partition coefficient (Wildman–Crippen LogP) is 5.47. The van der Waals surface area contributed by atoms with Crippen LogP contribution in [0.1, 0.15) is 43.4 Å². The fourth-order valence-electron chi connectivity index (χ4n) is 3.32. The molecule has 6 heteroatoms. The number of hydrogen-bond donors (Lipinski definition) is 1. The summed E-state index contributed by atoms with van der Waals surface area (Å²) in [5.74, 6) is 1.28. The standard InChI is InChI=1S/C25H29NO5/c1-4-19-5-9-23(22(16-19)25-26-12-14-30-25)31-18(3)11-13-29-21-8-6-20(17(2)15-21)7-10-24(27)28/h5-6,8-9,12,14-16,18H,4,7,10-11,13H2,1-3H3,(H,27,28). The van der Waals surface area contributed by atoms with Gasteiger partial charge in [0.25, 0.3) is 0 Å². The average Bonchev–Trinajstić information content (AvgIpc) is 3.28. The first-order valence-corrected chi connectivity index (χ1v) is 10.6. The van der Waals surface area contributed by atoms with Crippen molar-refractivity contribution in [3.63, 3.8) is 0 Å². The zero-order valence-corrected chi connectivity index (χ0v) is 18.3. The van der Waals surface area contributed by atoms with E-state index in [2.05, 4.69) is 24.0 Å². The van der Waals surface area contributed by atoms with Crippen LogP contribution in [0.2, 0.25) is 0 Å². The molecule has 0 spiro atoms. The Labute approximate surface area is 182 Å². The highest BCUT2D eigenvalue weighted by molar-refractivity contribution is 5.67. The number of carboxylic acid groups (broad SMARTS) is 1. The molecule has 0 saturated carbocycles. The highest BCUT2D eigenvalue weighted by atomic mass is 16.5. The minimum Gasteiger partial charge on any atom is -0.493 e. The summed E-state index contributed by atoms with van der Waals surface area (Å²) in [5.41, 5.74) is 4.11. The molecule has 0 bridgehead atoms. The second-order valence-electron chi connectivity index (χ2n) is 7.57. The van der Waals surface area contributed by atoms with E-state index in [0.29, 0.717) is 25.3 Å². The summed E-state index contributed by atoms with van der Waals surface area (Å²) in [6, 6.07) is 11.9. The van der Waals surface area contributed by atoms with E-state index in [4.69, 9.17) is 19.0 Å². The topological polar surface area (TPSA) is 81.8 Å². The van der Waals surface area contributed by atoms with Crippen molar-refractivity contribution in [2.45, 2.75) is 52.6 Å². The highest BCUT2D eigenvalue weighted by Gasteiger charge is 2.14. The van der Waals surface area contributed by atoms with Crippen LogP contribution in [0.15, 0.2) is 53.3 Å². The first-order valence-electron chi connectivity index (χ1n) is 10.6. The minimum absolute atomic E-state index is 0.0582. The molecule has 1 aromatic heterocycles. The summed E-state index contributed by atoms with van der Waals surface area (Å²) in [6.07, 6.45) is 5.41. The van der Waals surface area contributed by atoms with Gasteiger partial charge in [-0.15, -0.1) is 0 Å². The van der Waals surface area contributed by atoms with E-state index in [9.17, 15) is 4.79 Å². The zero-order valence-electron chi connectivity index (χ0n) is 18.3. The third-order valence-electron chi connectivity index (χ3n) is 5.16. The largest absolute Gasteiger partial charge is 0.493 e. The van der Waals surface area contributed by atoms with Gasteiger partial charge in [-0.05, 0) is 67.6 Å². The normalized spacial score (nSPS) is 11.8. The van der Waals surface area contributed by atoms with Gasteiger partial charge in [0.05, 0.1) is 24.5 Å². The number of aliphatic carboxylic acids is 1. The Kier molecular flexibility index (Phi) is 7.70. The van der Waals surface area contributed by atoms with Crippen molar-refractivity contribution in [3.8, 4) is 23.0 Å². The minimum atomic E-state index is -0.788. The highest BCUT2D eigenvalue weighted by Crippen LogP contribution is 2.31. The van der Waals surface area contributed by atoms with Gasteiger partial charge in [0, 0.05) is 12.8 Å². The van der Waals surface area contributed by atoms with Crippen LogP contribution in [0.3, 0.4) is 0 Å². The van der Waals surface area contributed by atoms with Crippen molar-refractivity contribution < 1.29 is 23.8 Å². The average molecular weight is 424 g/mol. The number of aryl methyl sites for hydroxylation is 3. The van der Waals surface area contributed by atoms with E-state index < -0.39 is 5.97 Å². The van der Waals surface area contributed by atoms with Gasteiger partial charge in [-0.2, -0.15) is 0 Å². The molecule has 0 aliphatic carbocycles. The Bertz CT molecular complexity index is 997. The van der Waals surface area contributed by atoms with Gasteiger partial charge in [-0.1, -0.05) is 19.1 Å². The van der Waals surface area contributed by atoms with Gasteiger partial charge in [0.2, 0.25) is 5.89 Å². The van der Waals surface area contributed by atoms with Crippen LogP contribution in [0.25, 0.3) is 11.5 Å². The molecule has 3 rings (SSSR count). The molecule has 1 N–H and O–H groups in total. The number of carboxylic acids is 1. The molecule has 1 atom stereocenters. The molecule has 1 unspecified atom stereocenters. The van der Waals surface area contributed by atoms with Crippen LogP contribution in [0, 0.1) is 6.92 Å². The molecule has 0 amide bonds. The van der Waals surface area contributed by atoms with E-state index in [-0.39, 0.29) is 12.5 Å². The van der Waals surface area contributed by atoms with Crippen molar-refractivity contribution in [2.75, 3.05) is 6.61 Å². The molecule has 2 aromatic carbocycles. The van der Waals surface area contributed by atoms with Crippen LogP contribution in [-0.2, 0) is 17.6 Å². The monoisotopic (exact) mass is 423 g/mol. The summed E-state index contributed by atoms with van der Waals surface area (Å²) in [4.78, 5) is 15.0. The Hall–Kier alpha value is -3.28. The summed E-state index contributed by atoms with van der Waals surface area (Å²) in [7, 11) is 0. The lowest BCUT2D eigenvalue weighted by atomic mass is 10.0. The maximum atomic E-state index is 10.8. The molecule has 0 radical (unpaired) electrons. The zero-order chi connectivity index (χ0) is 22.2. The molecule has 31 heavy (non-hydrogen) atoms. The molecule has 3 aromatic rings. The lowest BCUT2D eigenvalue weighted by Crippen LogP contribution is -2.16. The van der Waals surface area contributed by atoms with E-state index >= 15 is 0 Å². The van der Waals surface area contributed by atoms with Gasteiger partial charge in [-0.25, -0.2) is 4.98 Å². The number of nitrogens with zero attached hydrogens (tertiary/aromatic N) is 1. The van der Waals surface area contributed by atoms with Gasteiger partial charge in [0.15, 0.2) is 0 Å². The lowest BCUT2D eigenvalue weighted by molar-refractivity contribution is -0.136. The summed E-state index contributed by atoms with van der Waals surface area (Å²) in [5, 5.41) is 8.85. The Morgan fingerprint density at radius 3 is 2.74 bits per heavy atom. The molecule has 1 heterocycles. The van der Waals surface area contributed by atoms with Crippen LogP contribution in [0.5, 0.6) is 11.5 Å². The third kappa shape index (κ3) is 6.35. The second kappa shape index (κ2) is 10.7. The molecular weight excluding hydrogens is 394 g/mol. The quantitative estimate of drug-likeness (QED) is 0.441. The SMILES string of the molecule is CCc1ccc(OC(C)CCOc2ccc(CCC(=O)O)c(C)c2)c(-c2ncco2)c1. The van der Waals surface area contributed by atoms with Crippen LogP contribution in [0.4, 0.5) is 0 Å². The number of oxazole rings is 1. The fraction of sp³-hybridized carbons (Fsp3) is 0.360. The molecular formula is C25H29NO5. The van der Waals surface area contributed by atoms with Crippen molar-refractivity contribution in [1.29, 1.82) is 0 Å². The molecule has 0 aliphatic heterocycles. The number of rotatable bonds is 11. The number of hydrogen-bond acceptors (Lipinski definition) is 5. The first kappa shape index (κ1) is 22.4. The van der Waals surface area contributed by atoms with Gasteiger partial charge >= 0.3 is 5.97 Å². The maximum Gasteiger partial charge on any atom is 0.303 e. The van der Waals surface area contributed by atoms with Crippen molar-refractivity contribution in [1.82, 2.24) is 4.98 Å². The number of ether oxygens (including phenoxy) is 2. The Morgan fingerprint density at radius 2 is 2.06 bits per heavy atom. The summed E-state index contributed by atoms with van der Waals surface area (Å²) >= 11 is 0. The third-order valence-corrected chi connectivity index (χ3v) is 5.16. The number of benzene rings is 2. The summed E-state index contributed by atoms with van der Waals surface area (Å²) in [6.45, 7) is 6.60. The molecule has 0 fully saturated rings. The first-order chi connectivity index (χ1) is 15.0. The van der Waals surface area contributed by atoms with Gasteiger partial charge < -0.3 is 19.0 Å².